The molecule has 1 fully saturated rings. The van der Waals surface area contributed by atoms with Crippen LogP contribution in [0.15, 0.2) is 18.2 Å². The molecule has 0 bridgehead atoms. The second kappa shape index (κ2) is 6.19. The Hall–Kier alpha value is -1.66. The first kappa shape index (κ1) is 14.7. The minimum absolute atomic E-state index is 0.108. The van der Waals surface area contributed by atoms with Crippen molar-refractivity contribution in [3.05, 3.63) is 33.9 Å². The lowest BCUT2D eigenvalue weighted by Crippen LogP contribution is -2.54. The Morgan fingerprint density at radius 2 is 2.05 bits per heavy atom. The highest BCUT2D eigenvalue weighted by Gasteiger charge is 2.25. The number of piperazine rings is 1. The molecule has 2 unspecified atom stereocenters. The topological polar surface area (TPSA) is 67.6 Å². The van der Waals surface area contributed by atoms with E-state index in [2.05, 4.69) is 24.1 Å². The average Bonchev–Trinajstić information content (AvgIpc) is 2.42. The van der Waals surface area contributed by atoms with E-state index in [1.807, 2.05) is 0 Å². The highest BCUT2D eigenvalue weighted by atomic mass is 16.6. The average molecular weight is 279 g/mol. The van der Waals surface area contributed by atoms with Crippen LogP contribution in [0.3, 0.4) is 0 Å². The van der Waals surface area contributed by atoms with Crippen LogP contribution in [0.1, 0.15) is 19.4 Å². The van der Waals surface area contributed by atoms with Gasteiger partial charge in [0.05, 0.1) is 12.0 Å². The van der Waals surface area contributed by atoms with Gasteiger partial charge in [-0.25, -0.2) is 0 Å². The molecule has 6 heteroatoms. The van der Waals surface area contributed by atoms with E-state index in [1.165, 1.54) is 6.07 Å². The highest BCUT2D eigenvalue weighted by Crippen LogP contribution is 2.27. The number of nitro benzene ring substituents is 1. The zero-order chi connectivity index (χ0) is 14.7. The molecule has 1 saturated heterocycles. The van der Waals surface area contributed by atoms with E-state index in [1.54, 1.807) is 19.2 Å². The number of nitrogens with zero attached hydrogens (tertiary/aromatic N) is 2. The van der Waals surface area contributed by atoms with Gasteiger partial charge in [-0.2, -0.15) is 0 Å². The van der Waals surface area contributed by atoms with Crippen LogP contribution in [0.2, 0.25) is 0 Å². The van der Waals surface area contributed by atoms with Crippen LogP contribution in [0.5, 0.6) is 5.75 Å². The molecule has 0 spiro atoms. The van der Waals surface area contributed by atoms with E-state index in [0.29, 0.717) is 24.4 Å². The molecule has 1 heterocycles. The van der Waals surface area contributed by atoms with E-state index in [4.69, 9.17) is 4.74 Å². The largest absolute Gasteiger partial charge is 0.496 e. The predicted molar refractivity (Wildman–Crippen MR) is 77.0 cm³/mol. The molecular weight excluding hydrogens is 258 g/mol. The van der Waals surface area contributed by atoms with Gasteiger partial charge >= 0.3 is 0 Å². The van der Waals surface area contributed by atoms with E-state index in [9.17, 15) is 10.1 Å². The fraction of sp³-hybridized carbons (Fsp3) is 0.571. The minimum atomic E-state index is -0.368. The molecule has 2 rings (SSSR count). The molecule has 1 aliphatic heterocycles. The second-order valence-electron chi connectivity index (χ2n) is 5.28. The number of hydrogen-bond donors (Lipinski definition) is 1. The fourth-order valence-corrected chi connectivity index (χ4v) is 2.68. The number of nitro groups is 1. The molecule has 1 N–H and O–H groups in total. The number of nitrogens with one attached hydrogen (secondary N) is 1. The molecule has 2 atom stereocenters. The van der Waals surface area contributed by atoms with E-state index in [-0.39, 0.29) is 10.6 Å². The van der Waals surface area contributed by atoms with Crippen molar-refractivity contribution in [3.63, 3.8) is 0 Å². The van der Waals surface area contributed by atoms with Gasteiger partial charge < -0.3 is 10.1 Å². The number of benzene rings is 1. The van der Waals surface area contributed by atoms with Gasteiger partial charge in [0.15, 0.2) is 0 Å². The Bertz CT molecular complexity index is 483. The lowest BCUT2D eigenvalue weighted by molar-refractivity contribution is -0.385. The molecule has 1 aromatic rings. The number of rotatable bonds is 4. The van der Waals surface area contributed by atoms with Gasteiger partial charge in [-0.1, -0.05) is 0 Å². The van der Waals surface area contributed by atoms with Crippen molar-refractivity contribution in [2.45, 2.75) is 32.5 Å². The second-order valence-corrected chi connectivity index (χ2v) is 5.28. The molecule has 1 aliphatic rings. The summed E-state index contributed by atoms with van der Waals surface area (Å²) in [5.74, 6) is 0.702. The fourth-order valence-electron chi connectivity index (χ4n) is 2.68. The first-order valence-corrected chi connectivity index (χ1v) is 6.80. The molecular formula is C14H21N3O3. The normalized spacial score (nSPS) is 23.6. The Labute approximate surface area is 118 Å². The smallest absolute Gasteiger partial charge is 0.270 e. The van der Waals surface area contributed by atoms with Crippen LogP contribution >= 0.6 is 0 Å². The monoisotopic (exact) mass is 279 g/mol. The van der Waals surface area contributed by atoms with Gasteiger partial charge in [-0.05, 0) is 19.9 Å². The Morgan fingerprint density at radius 3 is 2.60 bits per heavy atom. The van der Waals surface area contributed by atoms with Crippen LogP contribution in [0, 0.1) is 10.1 Å². The molecule has 0 radical (unpaired) electrons. The van der Waals surface area contributed by atoms with Gasteiger partial charge in [0.1, 0.15) is 5.75 Å². The zero-order valence-corrected chi connectivity index (χ0v) is 12.1. The summed E-state index contributed by atoms with van der Waals surface area (Å²) in [6.07, 6.45) is 0. The molecule has 110 valence electrons. The lowest BCUT2D eigenvalue weighted by Gasteiger charge is -2.39. The van der Waals surface area contributed by atoms with Crippen molar-refractivity contribution < 1.29 is 9.66 Å². The molecule has 1 aromatic carbocycles. The molecule has 0 saturated carbocycles. The number of hydrogen-bond acceptors (Lipinski definition) is 5. The van der Waals surface area contributed by atoms with Gasteiger partial charge in [0.2, 0.25) is 0 Å². The third kappa shape index (κ3) is 3.08. The van der Waals surface area contributed by atoms with Gasteiger partial charge in [-0.15, -0.1) is 0 Å². The van der Waals surface area contributed by atoms with Gasteiger partial charge in [0.25, 0.3) is 5.69 Å². The standard InChI is InChI=1S/C14H21N3O3/c1-10-7-15-8-11(2)16(10)9-12-6-13(17(18)19)4-5-14(12)20-3/h4-6,10-11,15H,7-9H2,1-3H3. The Morgan fingerprint density at radius 1 is 1.40 bits per heavy atom. The molecule has 20 heavy (non-hydrogen) atoms. The number of non-ortho nitro benzene ring substituents is 1. The van der Waals surface area contributed by atoms with Crippen LogP contribution in [0.4, 0.5) is 5.69 Å². The van der Waals surface area contributed by atoms with Crippen molar-refractivity contribution >= 4 is 5.69 Å². The van der Waals surface area contributed by atoms with Crippen LogP contribution in [-0.2, 0) is 6.54 Å². The summed E-state index contributed by atoms with van der Waals surface area (Å²) in [5.41, 5.74) is 0.971. The summed E-state index contributed by atoms with van der Waals surface area (Å²) in [6, 6.07) is 5.54. The van der Waals surface area contributed by atoms with Crippen molar-refractivity contribution in [2.75, 3.05) is 20.2 Å². The van der Waals surface area contributed by atoms with Gasteiger partial charge in [-0.3, -0.25) is 15.0 Å². The highest BCUT2D eigenvalue weighted by molar-refractivity contribution is 5.43. The van der Waals surface area contributed by atoms with Crippen LogP contribution in [-0.4, -0.2) is 42.1 Å². The summed E-state index contributed by atoms with van der Waals surface area (Å²) in [4.78, 5) is 12.9. The van der Waals surface area contributed by atoms with Crippen molar-refractivity contribution in [1.82, 2.24) is 10.2 Å². The number of methoxy groups -OCH3 is 1. The predicted octanol–water partition coefficient (Wildman–Crippen LogP) is 1.79. The van der Waals surface area contributed by atoms with E-state index in [0.717, 1.165) is 18.7 Å². The minimum Gasteiger partial charge on any atom is -0.496 e. The molecule has 0 amide bonds. The number of ether oxygens (including phenoxy) is 1. The third-order valence-corrected chi connectivity index (χ3v) is 3.84. The van der Waals surface area contributed by atoms with E-state index < -0.39 is 0 Å². The molecule has 6 nitrogen and oxygen atoms in total. The van der Waals surface area contributed by atoms with E-state index >= 15 is 0 Å². The maximum absolute atomic E-state index is 10.9. The Balaban J connectivity index is 2.26. The SMILES string of the molecule is COc1ccc([N+](=O)[O-])cc1CN1C(C)CNCC1C. The molecule has 0 aromatic heterocycles. The van der Waals surface area contributed by atoms with Crippen molar-refractivity contribution in [2.24, 2.45) is 0 Å². The molecule has 0 aliphatic carbocycles. The maximum Gasteiger partial charge on any atom is 0.270 e. The lowest BCUT2D eigenvalue weighted by atomic mass is 10.1. The summed E-state index contributed by atoms with van der Waals surface area (Å²) >= 11 is 0. The summed E-state index contributed by atoms with van der Waals surface area (Å²) in [5, 5.41) is 14.3. The summed E-state index contributed by atoms with van der Waals surface area (Å²) < 4.78 is 5.33. The van der Waals surface area contributed by atoms with Crippen molar-refractivity contribution in [3.8, 4) is 5.75 Å². The summed E-state index contributed by atoms with van der Waals surface area (Å²) in [6.45, 7) is 6.84. The van der Waals surface area contributed by atoms with Crippen molar-refractivity contribution in [1.29, 1.82) is 0 Å². The van der Waals surface area contributed by atoms with Crippen LogP contribution in [0.25, 0.3) is 0 Å². The quantitative estimate of drug-likeness (QED) is 0.672. The summed E-state index contributed by atoms with van der Waals surface area (Å²) in [7, 11) is 1.59. The maximum atomic E-state index is 10.9. The zero-order valence-electron chi connectivity index (χ0n) is 12.1. The Kier molecular flexibility index (Phi) is 4.57. The first-order valence-electron chi connectivity index (χ1n) is 6.80. The first-order chi connectivity index (χ1) is 9.52. The van der Waals surface area contributed by atoms with Crippen LogP contribution < -0.4 is 10.1 Å². The van der Waals surface area contributed by atoms with Gasteiger partial charge in [0, 0.05) is 49.4 Å². The third-order valence-electron chi connectivity index (χ3n) is 3.84.